The lowest BCUT2D eigenvalue weighted by Crippen LogP contribution is -2.37. The van der Waals surface area contributed by atoms with Crippen molar-refractivity contribution in [1.29, 1.82) is 0 Å². The van der Waals surface area contributed by atoms with Crippen LogP contribution in [0.25, 0.3) is 0 Å². The predicted octanol–water partition coefficient (Wildman–Crippen LogP) is 1.09. The lowest BCUT2D eigenvalue weighted by Gasteiger charge is -2.20. The fourth-order valence-corrected chi connectivity index (χ4v) is 3.52. The number of carbonyl (C=O) groups is 1. The monoisotopic (exact) mass is 381 g/mol. The first-order valence-electron chi connectivity index (χ1n) is 7.97. The van der Waals surface area contributed by atoms with Gasteiger partial charge in [-0.25, -0.2) is 13.1 Å². The number of aryl methyl sites for hydroxylation is 1. The number of ether oxygens (including phenoxy) is 2. The van der Waals surface area contributed by atoms with Crippen LogP contribution in [0, 0.1) is 6.92 Å². The van der Waals surface area contributed by atoms with Crippen LogP contribution >= 0.6 is 0 Å². The maximum atomic E-state index is 12.5. The van der Waals surface area contributed by atoms with E-state index in [0.29, 0.717) is 36.3 Å². The molecular weight excluding hydrogens is 362 g/mol. The van der Waals surface area contributed by atoms with Gasteiger partial charge in [0.25, 0.3) is 0 Å². The molecule has 1 aromatic heterocycles. The summed E-state index contributed by atoms with van der Waals surface area (Å²) in [7, 11) is -3.76. The predicted molar refractivity (Wildman–Crippen MR) is 91.9 cm³/mol. The first-order valence-corrected chi connectivity index (χ1v) is 9.46. The van der Waals surface area contributed by atoms with Crippen LogP contribution in [0.15, 0.2) is 33.7 Å². The van der Waals surface area contributed by atoms with E-state index in [-0.39, 0.29) is 23.9 Å². The van der Waals surface area contributed by atoms with Gasteiger partial charge < -0.3 is 14.0 Å². The van der Waals surface area contributed by atoms with Gasteiger partial charge in [0, 0.05) is 32.1 Å². The van der Waals surface area contributed by atoms with E-state index in [1.54, 1.807) is 19.1 Å². The number of rotatable bonds is 6. The number of hydrogen-bond donors (Lipinski definition) is 1. The smallest absolute Gasteiger partial charge is 0.240 e. The summed E-state index contributed by atoms with van der Waals surface area (Å²) in [5.41, 5.74) is 0. The molecule has 1 aliphatic heterocycles. The molecule has 2 aromatic rings. The molecule has 9 nitrogen and oxygen atoms in total. The van der Waals surface area contributed by atoms with Gasteiger partial charge in [-0.2, -0.15) is 0 Å². The van der Waals surface area contributed by atoms with E-state index >= 15 is 0 Å². The first kappa shape index (κ1) is 18.2. The van der Waals surface area contributed by atoms with Gasteiger partial charge in [-0.15, -0.1) is 0 Å². The Morgan fingerprint density at radius 3 is 2.62 bits per heavy atom. The van der Waals surface area contributed by atoms with Crippen LogP contribution in [0.3, 0.4) is 0 Å². The van der Waals surface area contributed by atoms with Crippen LogP contribution < -0.4 is 19.1 Å². The number of anilines is 1. The van der Waals surface area contributed by atoms with E-state index in [2.05, 4.69) is 9.88 Å². The molecule has 0 unspecified atom stereocenters. The lowest BCUT2D eigenvalue weighted by molar-refractivity contribution is -0.116. The maximum absolute atomic E-state index is 12.5. The molecule has 10 heteroatoms. The third-order valence-corrected chi connectivity index (χ3v) is 5.18. The molecule has 1 amide bonds. The molecule has 2 heterocycles. The highest BCUT2D eigenvalue weighted by molar-refractivity contribution is 7.89. The summed E-state index contributed by atoms with van der Waals surface area (Å²) < 4.78 is 43.1. The van der Waals surface area contributed by atoms with Gasteiger partial charge in [-0.1, -0.05) is 5.16 Å². The summed E-state index contributed by atoms with van der Waals surface area (Å²) in [6, 6.07) is 6.03. The van der Waals surface area contributed by atoms with Crippen LogP contribution in [-0.2, 0) is 14.8 Å². The Morgan fingerprint density at radius 2 is 1.96 bits per heavy atom. The zero-order chi connectivity index (χ0) is 18.7. The fourth-order valence-electron chi connectivity index (χ4n) is 2.48. The Balaban J connectivity index is 1.67. The van der Waals surface area contributed by atoms with E-state index < -0.39 is 10.0 Å². The van der Waals surface area contributed by atoms with Gasteiger partial charge in [-0.3, -0.25) is 9.69 Å². The van der Waals surface area contributed by atoms with E-state index in [1.807, 2.05) is 0 Å². The molecule has 140 valence electrons. The van der Waals surface area contributed by atoms with Crippen LogP contribution in [0.1, 0.15) is 12.7 Å². The molecule has 26 heavy (non-hydrogen) atoms. The highest BCUT2D eigenvalue weighted by Crippen LogP contribution is 2.32. The quantitative estimate of drug-likeness (QED) is 0.797. The standard InChI is InChI=1S/C16H19N3O6S/c1-11-9-16(18-25-11)19(12(2)20)6-5-17-26(21,22)13-3-4-14-15(10-13)24-8-7-23-14/h3-4,9-10,17H,5-8H2,1-2H3. The van der Waals surface area contributed by atoms with Crippen LogP contribution in [0.4, 0.5) is 5.82 Å². The number of benzene rings is 1. The minimum atomic E-state index is -3.76. The molecule has 0 fully saturated rings. The summed E-state index contributed by atoms with van der Waals surface area (Å²) in [5, 5.41) is 3.78. The normalized spacial score (nSPS) is 13.5. The number of nitrogens with zero attached hydrogens (tertiary/aromatic N) is 2. The van der Waals surface area contributed by atoms with E-state index in [0.717, 1.165) is 0 Å². The first-order chi connectivity index (χ1) is 12.4. The zero-order valence-corrected chi connectivity index (χ0v) is 15.2. The van der Waals surface area contributed by atoms with Gasteiger partial charge in [0.05, 0.1) is 4.90 Å². The topological polar surface area (TPSA) is 111 Å². The molecule has 0 atom stereocenters. The van der Waals surface area contributed by atoms with E-state index in [9.17, 15) is 13.2 Å². The van der Waals surface area contributed by atoms with Gasteiger partial charge in [-0.05, 0) is 19.1 Å². The second-order valence-electron chi connectivity index (χ2n) is 5.67. The number of carbonyl (C=O) groups excluding carboxylic acids is 1. The number of nitrogens with one attached hydrogen (secondary N) is 1. The second-order valence-corrected chi connectivity index (χ2v) is 7.44. The molecular formula is C16H19N3O6S. The van der Waals surface area contributed by atoms with Gasteiger partial charge >= 0.3 is 0 Å². The van der Waals surface area contributed by atoms with Crippen molar-refractivity contribution in [2.75, 3.05) is 31.2 Å². The second kappa shape index (κ2) is 7.34. The Labute approximate surface area is 150 Å². The molecule has 0 saturated heterocycles. The minimum Gasteiger partial charge on any atom is -0.486 e. The largest absolute Gasteiger partial charge is 0.486 e. The summed E-state index contributed by atoms with van der Waals surface area (Å²) in [5.74, 6) is 1.54. The number of aromatic nitrogens is 1. The highest BCUT2D eigenvalue weighted by atomic mass is 32.2. The summed E-state index contributed by atoms with van der Waals surface area (Å²) in [4.78, 5) is 13.2. The molecule has 1 N–H and O–H groups in total. The Morgan fingerprint density at radius 1 is 1.23 bits per heavy atom. The van der Waals surface area contributed by atoms with Crippen LogP contribution in [-0.4, -0.2) is 45.8 Å². The molecule has 0 bridgehead atoms. The fraction of sp³-hybridized carbons (Fsp3) is 0.375. The molecule has 0 spiro atoms. The van der Waals surface area contributed by atoms with Gasteiger partial charge in [0.1, 0.15) is 19.0 Å². The van der Waals surface area contributed by atoms with Crippen molar-refractivity contribution in [3.8, 4) is 11.5 Å². The third kappa shape index (κ3) is 3.97. The SMILES string of the molecule is CC(=O)N(CCNS(=O)(=O)c1ccc2c(c1)OCCO2)c1cc(C)on1. The number of fused-ring (bicyclic) bond motifs is 1. The molecule has 1 aliphatic rings. The Kier molecular flexibility index (Phi) is 5.14. The third-order valence-electron chi connectivity index (χ3n) is 3.72. The van der Waals surface area contributed by atoms with Crippen molar-refractivity contribution in [3.63, 3.8) is 0 Å². The summed E-state index contributed by atoms with van der Waals surface area (Å²) >= 11 is 0. The molecule has 0 aliphatic carbocycles. The van der Waals surface area contributed by atoms with Gasteiger partial charge in [0.15, 0.2) is 17.3 Å². The minimum absolute atomic E-state index is 0.0161. The Hall–Kier alpha value is -2.59. The average Bonchev–Trinajstić information content (AvgIpc) is 3.04. The lowest BCUT2D eigenvalue weighted by atomic mass is 10.3. The summed E-state index contributed by atoms with van der Waals surface area (Å²) in [6.07, 6.45) is 0. The average molecular weight is 381 g/mol. The highest BCUT2D eigenvalue weighted by Gasteiger charge is 2.21. The van der Waals surface area contributed by atoms with Crippen molar-refractivity contribution < 1.29 is 27.2 Å². The molecule has 1 aromatic carbocycles. The van der Waals surface area contributed by atoms with Crippen LogP contribution in [0.5, 0.6) is 11.5 Å². The van der Waals surface area contributed by atoms with E-state index in [4.69, 9.17) is 14.0 Å². The van der Waals surface area contributed by atoms with Crippen LogP contribution in [0.2, 0.25) is 0 Å². The number of sulfonamides is 1. The van der Waals surface area contributed by atoms with Crippen molar-refractivity contribution in [2.45, 2.75) is 18.7 Å². The Bertz CT molecular complexity index is 908. The van der Waals surface area contributed by atoms with Crippen molar-refractivity contribution in [2.24, 2.45) is 0 Å². The van der Waals surface area contributed by atoms with E-state index in [1.165, 1.54) is 24.0 Å². The number of hydrogen-bond acceptors (Lipinski definition) is 7. The summed E-state index contributed by atoms with van der Waals surface area (Å²) in [6.45, 7) is 4.01. The zero-order valence-electron chi connectivity index (χ0n) is 14.4. The van der Waals surface area contributed by atoms with Crippen molar-refractivity contribution in [1.82, 2.24) is 9.88 Å². The maximum Gasteiger partial charge on any atom is 0.240 e. The van der Waals surface area contributed by atoms with Crippen molar-refractivity contribution in [3.05, 3.63) is 30.0 Å². The molecule has 3 rings (SSSR count). The number of amides is 1. The van der Waals surface area contributed by atoms with Crippen molar-refractivity contribution >= 4 is 21.7 Å². The molecule has 0 saturated carbocycles. The molecule has 0 radical (unpaired) electrons. The van der Waals surface area contributed by atoms with Gasteiger partial charge in [0.2, 0.25) is 15.9 Å².